The van der Waals surface area contributed by atoms with Gasteiger partial charge in [-0.3, -0.25) is 10.1 Å². The van der Waals surface area contributed by atoms with Gasteiger partial charge in [-0.15, -0.1) is 5.10 Å². The molecule has 7 heteroatoms. The molecule has 17 heavy (non-hydrogen) atoms. The Kier molecular flexibility index (Phi) is 2.84. The zero-order valence-electron chi connectivity index (χ0n) is 9.07. The summed E-state index contributed by atoms with van der Waals surface area (Å²) in [6, 6.07) is 4.82. The van der Waals surface area contributed by atoms with Crippen molar-refractivity contribution in [3.8, 4) is 5.69 Å². The molecular formula is C10H10N4O3. The second-order valence-electron chi connectivity index (χ2n) is 3.56. The molecule has 0 spiro atoms. The fourth-order valence-corrected chi connectivity index (χ4v) is 1.46. The Morgan fingerprint density at radius 1 is 1.53 bits per heavy atom. The number of hydrogen-bond donors (Lipinski definition) is 1. The van der Waals surface area contributed by atoms with Crippen LogP contribution in [0.15, 0.2) is 24.4 Å². The summed E-state index contributed by atoms with van der Waals surface area (Å²) in [6.07, 6.45) is 1.46. The van der Waals surface area contributed by atoms with Crippen LogP contribution in [0.4, 0.5) is 5.69 Å². The van der Waals surface area contributed by atoms with E-state index in [1.807, 2.05) is 0 Å². The summed E-state index contributed by atoms with van der Waals surface area (Å²) in [6.45, 7) is 1.52. The van der Waals surface area contributed by atoms with Gasteiger partial charge < -0.3 is 5.11 Å². The summed E-state index contributed by atoms with van der Waals surface area (Å²) >= 11 is 0. The largest absolute Gasteiger partial charge is 0.390 e. The van der Waals surface area contributed by atoms with Crippen LogP contribution in [0, 0.1) is 17.0 Å². The average Bonchev–Trinajstić information content (AvgIpc) is 2.77. The number of nitrogens with zero attached hydrogens (tertiary/aromatic N) is 4. The Morgan fingerprint density at radius 3 is 2.88 bits per heavy atom. The van der Waals surface area contributed by atoms with Gasteiger partial charge in [0.15, 0.2) is 0 Å². The van der Waals surface area contributed by atoms with Crippen LogP contribution in [0.1, 0.15) is 11.3 Å². The van der Waals surface area contributed by atoms with Gasteiger partial charge in [0.2, 0.25) is 0 Å². The molecule has 7 nitrogen and oxygen atoms in total. The van der Waals surface area contributed by atoms with Gasteiger partial charge in [0.05, 0.1) is 17.7 Å². The lowest BCUT2D eigenvalue weighted by atomic mass is 10.2. The summed E-state index contributed by atoms with van der Waals surface area (Å²) < 4.78 is 1.28. The molecule has 0 aliphatic rings. The van der Waals surface area contributed by atoms with E-state index in [9.17, 15) is 10.1 Å². The number of nitro benzene ring substituents is 1. The van der Waals surface area contributed by atoms with Gasteiger partial charge in [0.25, 0.3) is 5.69 Å². The van der Waals surface area contributed by atoms with Gasteiger partial charge >= 0.3 is 0 Å². The lowest BCUT2D eigenvalue weighted by molar-refractivity contribution is -0.384. The number of aliphatic hydroxyl groups excluding tert-OH is 1. The minimum absolute atomic E-state index is 0.0422. The third kappa shape index (κ3) is 2.13. The molecule has 2 rings (SSSR count). The van der Waals surface area contributed by atoms with Crippen molar-refractivity contribution >= 4 is 5.69 Å². The van der Waals surface area contributed by atoms with Gasteiger partial charge in [-0.1, -0.05) is 11.3 Å². The molecule has 1 aromatic carbocycles. The summed E-state index contributed by atoms with van der Waals surface area (Å²) in [7, 11) is 0. The van der Waals surface area contributed by atoms with E-state index in [1.165, 1.54) is 16.9 Å². The summed E-state index contributed by atoms with van der Waals surface area (Å²) in [4.78, 5) is 10.4. The number of aromatic nitrogens is 3. The van der Waals surface area contributed by atoms with E-state index in [-0.39, 0.29) is 12.3 Å². The number of rotatable bonds is 3. The Bertz CT molecular complexity index is 564. The predicted octanol–water partition coefficient (Wildman–Crippen LogP) is 0.976. The molecule has 1 aromatic heterocycles. The van der Waals surface area contributed by atoms with Crippen molar-refractivity contribution in [2.45, 2.75) is 13.5 Å². The molecule has 1 heterocycles. The van der Waals surface area contributed by atoms with Gasteiger partial charge in [-0.25, -0.2) is 4.68 Å². The molecule has 0 bridgehead atoms. The topological polar surface area (TPSA) is 94.1 Å². The predicted molar refractivity (Wildman–Crippen MR) is 58.7 cm³/mol. The SMILES string of the molecule is Cc1ccc(-n2cc(CO)nn2)c([N+](=O)[O-])c1. The standard InChI is InChI=1S/C10H10N4O3/c1-7-2-3-9(10(4-7)14(16)17)13-5-8(6-15)11-12-13/h2-5,15H,6H2,1H3. The van der Waals surface area contributed by atoms with Crippen LogP contribution in [0.5, 0.6) is 0 Å². The summed E-state index contributed by atoms with van der Waals surface area (Å²) in [5, 5.41) is 27.2. The highest BCUT2D eigenvalue weighted by molar-refractivity contribution is 5.53. The van der Waals surface area contributed by atoms with E-state index >= 15 is 0 Å². The number of aryl methyl sites for hydroxylation is 1. The molecule has 0 atom stereocenters. The first-order valence-electron chi connectivity index (χ1n) is 4.89. The van der Waals surface area contributed by atoms with Crippen LogP contribution in [-0.2, 0) is 6.61 Å². The monoisotopic (exact) mass is 234 g/mol. The molecular weight excluding hydrogens is 224 g/mol. The maximum Gasteiger partial charge on any atom is 0.295 e. The molecule has 0 aliphatic heterocycles. The highest BCUT2D eigenvalue weighted by Crippen LogP contribution is 2.23. The van der Waals surface area contributed by atoms with E-state index in [4.69, 9.17) is 5.11 Å². The quantitative estimate of drug-likeness (QED) is 0.631. The summed E-state index contributed by atoms with van der Waals surface area (Å²) in [5.41, 5.74) is 1.44. The fraction of sp³-hybridized carbons (Fsp3) is 0.200. The Balaban J connectivity index is 2.54. The smallest absolute Gasteiger partial charge is 0.295 e. The zero-order valence-corrected chi connectivity index (χ0v) is 9.07. The average molecular weight is 234 g/mol. The first kappa shape index (κ1) is 11.2. The van der Waals surface area contributed by atoms with Crippen LogP contribution >= 0.6 is 0 Å². The number of benzene rings is 1. The van der Waals surface area contributed by atoms with Gasteiger partial charge in [0.1, 0.15) is 11.4 Å². The lowest BCUT2D eigenvalue weighted by Crippen LogP contribution is -2.01. The second kappa shape index (κ2) is 4.30. The van der Waals surface area contributed by atoms with E-state index in [0.717, 1.165) is 5.56 Å². The number of hydrogen-bond acceptors (Lipinski definition) is 5. The molecule has 0 fully saturated rings. The minimum atomic E-state index is -0.470. The van der Waals surface area contributed by atoms with Gasteiger partial charge in [-0.2, -0.15) is 0 Å². The van der Waals surface area contributed by atoms with E-state index in [0.29, 0.717) is 11.4 Å². The second-order valence-corrected chi connectivity index (χ2v) is 3.56. The normalized spacial score (nSPS) is 10.5. The lowest BCUT2D eigenvalue weighted by Gasteiger charge is -2.02. The van der Waals surface area contributed by atoms with Gasteiger partial charge in [-0.05, 0) is 18.6 Å². The third-order valence-electron chi connectivity index (χ3n) is 2.28. The Hall–Kier alpha value is -2.28. The number of aliphatic hydroxyl groups is 1. The van der Waals surface area contributed by atoms with Crippen molar-refractivity contribution in [1.82, 2.24) is 15.0 Å². The third-order valence-corrected chi connectivity index (χ3v) is 2.28. The molecule has 0 unspecified atom stereocenters. The van der Waals surface area contributed by atoms with Crippen molar-refractivity contribution in [3.63, 3.8) is 0 Å². The van der Waals surface area contributed by atoms with Crippen molar-refractivity contribution in [2.75, 3.05) is 0 Å². The van der Waals surface area contributed by atoms with Crippen LogP contribution in [0.25, 0.3) is 5.69 Å². The Labute approximate surface area is 96.5 Å². The molecule has 0 radical (unpaired) electrons. The molecule has 1 N–H and O–H groups in total. The summed E-state index contributed by atoms with van der Waals surface area (Å²) in [5.74, 6) is 0. The van der Waals surface area contributed by atoms with Crippen LogP contribution in [0.2, 0.25) is 0 Å². The highest BCUT2D eigenvalue weighted by Gasteiger charge is 2.16. The first-order chi connectivity index (χ1) is 8.11. The van der Waals surface area contributed by atoms with E-state index in [1.54, 1.807) is 19.1 Å². The molecule has 2 aromatic rings. The van der Waals surface area contributed by atoms with Crippen molar-refractivity contribution in [2.24, 2.45) is 0 Å². The highest BCUT2D eigenvalue weighted by atomic mass is 16.6. The number of nitro groups is 1. The Morgan fingerprint density at radius 2 is 2.29 bits per heavy atom. The molecule has 0 amide bonds. The van der Waals surface area contributed by atoms with Crippen LogP contribution in [-0.4, -0.2) is 25.0 Å². The molecule has 0 saturated carbocycles. The van der Waals surface area contributed by atoms with Crippen molar-refractivity contribution < 1.29 is 10.0 Å². The van der Waals surface area contributed by atoms with Crippen LogP contribution in [0.3, 0.4) is 0 Å². The van der Waals surface area contributed by atoms with Crippen LogP contribution < -0.4 is 0 Å². The van der Waals surface area contributed by atoms with E-state index in [2.05, 4.69) is 10.3 Å². The minimum Gasteiger partial charge on any atom is -0.390 e. The molecule has 0 aliphatic carbocycles. The first-order valence-corrected chi connectivity index (χ1v) is 4.89. The molecule has 0 saturated heterocycles. The van der Waals surface area contributed by atoms with Crippen molar-refractivity contribution in [3.05, 3.63) is 45.8 Å². The zero-order chi connectivity index (χ0) is 12.4. The fourth-order valence-electron chi connectivity index (χ4n) is 1.46. The maximum atomic E-state index is 10.9. The van der Waals surface area contributed by atoms with Gasteiger partial charge in [0, 0.05) is 6.07 Å². The van der Waals surface area contributed by atoms with E-state index < -0.39 is 4.92 Å². The molecule has 88 valence electrons. The maximum absolute atomic E-state index is 10.9. The van der Waals surface area contributed by atoms with Crippen molar-refractivity contribution in [1.29, 1.82) is 0 Å².